The maximum atomic E-state index is 13.4. The van der Waals surface area contributed by atoms with E-state index in [2.05, 4.69) is 0 Å². The molecule has 2 aromatic carbocycles. The minimum absolute atomic E-state index is 0.0711. The topological polar surface area (TPSA) is 59.1 Å². The SMILES string of the molecule is COc1ccc(OC)c([C@@H]2CN(C(=O)c3ccc(F)cc3)C[C@@H]2C(=O)N2CCCC2)c1. The van der Waals surface area contributed by atoms with Gasteiger partial charge in [0.2, 0.25) is 5.91 Å². The number of carbonyl (C=O) groups excluding carboxylic acids is 2. The predicted octanol–water partition coefficient (Wildman–Crippen LogP) is 3.32. The summed E-state index contributed by atoms with van der Waals surface area (Å²) in [5, 5.41) is 0. The van der Waals surface area contributed by atoms with Crippen molar-refractivity contribution in [3.8, 4) is 11.5 Å². The fraction of sp³-hybridized carbons (Fsp3) is 0.417. The van der Waals surface area contributed by atoms with Gasteiger partial charge < -0.3 is 19.3 Å². The summed E-state index contributed by atoms with van der Waals surface area (Å²) in [4.78, 5) is 30.1. The van der Waals surface area contributed by atoms with Crippen molar-refractivity contribution in [2.75, 3.05) is 40.4 Å². The third-order valence-electron chi connectivity index (χ3n) is 6.27. The van der Waals surface area contributed by atoms with Crippen LogP contribution in [0.15, 0.2) is 42.5 Å². The van der Waals surface area contributed by atoms with Crippen LogP contribution < -0.4 is 9.47 Å². The highest BCUT2D eigenvalue weighted by atomic mass is 19.1. The normalized spacial score (nSPS) is 20.7. The van der Waals surface area contributed by atoms with Crippen LogP contribution in [0.2, 0.25) is 0 Å². The van der Waals surface area contributed by atoms with Crippen LogP contribution in [-0.2, 0) is 4.79 Å². The van der Waals surface area contributed by atoms with Crippen molar-refractivity contribution in [3.63, 3.8) is 0 Å². The third kappa shape index (κ3) is 4.22. The van der Waals surface area contributed by atoms with Crippen molar-refractivity contribution in [1.82, 2.24) is 9.80 Å². The molecule has 0 radical (unpaired) electrons. The van der Waals surface area contributed by atoms with Crippen molar-refractivity contribution in [3.05, 3.63) is 59.4 Å². The number of carbonyl (C=O) groups is 2. The highest BCUT2D eigenvalue weighted by Gasteiger charge is 2.43. The van der Waals surface area contributed by atoms with E-state index in [1.165, 1.54) is 24.3 Å². The van der Waals surface area contributed by atoms with Crippen LogP contribution in [0, 0.1) is 11.7 Å². The molecule has 2 atom stereocenters. The highest BCUT2D eigenvalue weighted by Crippen LogP contribution is 2.41. The molecule has 0 bridgehead atoms. The molecule has 0 aliphatic carbocycles. The maximum Gasteiger partial charge on any atom is 0.253 e. The van der Waals surface area contributed by atoms with Gasteiger partial charge in [-0.15, -0.1) is 0 Å². The third-order valence-corrected chi connectivity index (χ3v) is 6.27. The maximum absolute atomic E-state index is 13.4. The molecule has 2 aliphatic heterocycles. The first kappa shape index (κ1) is 21.2. The van der Waals surface area contributed by atoms with Crippen molar-refractivity contribution in [2.45, 2.75) is 18.8 Å². The summed E-state index contributed by atoms with van der Waals surface area (Å²) in [6.07, 6.45) is 2.01. The lowest BCUT2D eigenvalue weighted by Gasteiger charge is -2.25. The molecule has 2 aliphatic rings. The Morgan fingerprint density at radius 3 is 2.29 bits per heavy atom. The Hall–Kier alpha value is -3.09. The van der Waals surface area contributed by atoms with E-state index in [1.54, 1.807) is 19.1 Å². The molecule has 0 N–H and O–H groups in total. The molecular weight excluding hydrogens is 399 g/mol. The lowest BCUT2D eigenvalue weighted by molar-refractivity contribution is -0.134. The second-order valence-electron chi connectivity index (χ2n) is 8.07. The number of halogens is 1. The van der Waals surface area contributed by atoms with Gasteiger partial charge in [0.1, 0.15) is 17.3 Å². The molecular formula is C24H27FN2O4. The van der Waals surface area contributed by atoms with Crippen LogP contribution in [0.3, 0.4) is 0 Å². The summed E-state index contributed by atoms with van der Waals surface area (Å²) in [5.41, 5.74) is 1.26. The molecule has 0 unspecified atom stereocenters. The second kappa shape index (κ2) is 8.96. The monoisotopic (exact) mass is 426 g/mol. The van der Waals surface area contributed by atoms with E-state index >= 15 is 0 Å². The van der Waals surface area contributed by atoms with Gasteiger partial charge in [0.15, 0.2) is 0 Å². The first-order valence-electron chi connectivity index (χ1n) is 10.6. The van der Waals surface area contributed by atoms with E-state index in [0.717, 1.165) is 31.5 Å². The lowest BCUT2D eigenvalue weighted by Crippen LogP contribution is -2.37. The Morgan fingerprint density at radius 2 is 1.65 bits per heavy atom. The number of amides is 2. The molecule has 7 heteroatoms. The minimum atomic E-state index is -0.390. The summed E-state index contributed by atoms with van der Waals surface area (Å²) >= 11 is 0. The number of rotatable bonds is 5. The van der Waals surface area contributed by atoms with E-state index in [0.29, 0.717) is 30.2 Å². The van der Waals surface area contributed by atoms with Crippen LogP contribution in [0.1, 0.15) is 34.7 Å². The minimum Gasteiger partial charge on any atom is -0.497 e. The summed E-state index contributed by atoms with van der Waals surface area (Å²) in [7, 11) is 3.19. The fourth-order valence-corrected chi connectivity index (χ4v) is 4.61. The Balaban J connectivity index is 1.68. The van der Waals surface area contributed by atoms with Gasteiger partial charge in [0.05, 0.1) is 20.1 Å². The molecule has 2 fully saturated rings. The van der Waals surface area contributed by atoms with Crippen LogP contribution in [0.25, 0.3) is 0 Å². The standard InChI is InChI=1S/C24H27FN2O4/c1-30-18-9-10-22(31-2)19(13-18)20-14-27(23(28)16-5-7-17(25)8-6-16)15-21(20)24(29)26-11-3-4-12-26/h5-10,13,20-21H,3-4,11-12,14-15H2,1-2H3/t20-,21-/m0/s1. The largest absolute Gasteiger partial charge is 0.497 e. The van der Waals surface area contributed by atoms with Gasteiger partial charge in [-0.25, -0.2) is 4.39 Å². The summed E-state index contributed by atoms with van der Waals surface area (Å²) in [6, 6.07) is 11.0. The van der Waals surface area contributed by atoms with Gasteiger partial charge in [0.25, 0.3) is 5.91 Å². The zero-order valence-electron chi connectivity index (χ0n) is 17.8. The molecule has 0 spiro atoms. The van der Waals surface area contributed by atoms with Gasteiger partial charge in [-0.3, -0.25) is 9.59 Å². The molecule has 0 aromatic heterocycles. The zero-order chi connectivity index (χ0) is 22.0. The van der Waals surface area contributed by atoms with Gasteiger partial charge in [-0.1, -0.05) is 0 Å². The number of methoxy groups -OCH3 is 2. The smallest absolute Gasteiger partial charge is 0.253 e. The van der Waals surface area contributed by atoms with Crippen molar-refractivity contribution in [1.29, 1.82) is 0 Å². The average molecular weight is 426 g/mol. The number of ether oxygens (including phenoxy) is 2. The second-order valence-corrected chi connectivity index (χ2v) is 8.07. The Labute approximate surface area is 181 Å². The molecule has 4 rings (SSSR count). The van der Waals surface area contributed by atoms with Crippen LogP contribution in [-0.4, -0.2) is 62.0 Å². The Kier molecular flexibility index (Phi) is 6.11. The number of benzene rings is 2. The number of hydrogen-bond acceptors (Lipinski definition) is 4. The molecule has 31 heavy (non-hydrogen) atoms. The van der Waals surface area contributed by atoms with Crippen molar-refractivity contribution >= 4 is 11.8 Å². The summed E-state index contributed by atoms with van der Waals surface area (Å²) < 4.78 is 24.3. The highest BCUT2D eigenvalue weighted by molar-refractivity contribution is 5.95. The van der Waals surface area contributed by atoms with Crippen LogP contribution in [0.5, 0.6) is 11.5 Å². The van der Waals surface area contributed by atoms with Crippen molar-refractivity contribution < 1.29 is 23.5 Å². The summed E-state index contributed by atoms with van der Waals surface area (Å²) in [6.45, 7) is 2.20. The lowest BCUT2D eigenvalue weighted by atomic mass is 9.87. The molecule has 0 saturated carbocycles. The average Bonchev–Trinajstić information content (AvgIpc) is 3.49. The van der Waals surface area contributed by atoms with E-state index in [4.69, 9.17) is 9.47 Å². The van der Waals surface area contributed by atoms with Crippen LogP contribution in [0.4, 0.5) is 4.39 Å². The quantitative estimate of drug-likeness (QED) is 0.736. The number of hydrogen-bond donors (Lipinski definition) is 0. The molecule has 2 aromatic rings. The van der Waals surface area contributed by atoms with E-state index in [9.17, 15) is 14.0 Å². The van der Waals surface area contributed by atoms with Gasteiger partial charge in [-0.2, -0.15) is 0 Å². The van der Waals surface area contributed by atoms with Crippen molar-refractivity contribution in [2.24, 2.45) is 5.92 Å². The molecule has 2 amide bonds. The molecule has 2 heterocycles. The van der Waals surface area contributed by atoms with Gasteiger partial charge >= 0.3 is 0 Å². The number of nitrogens with zero attached hydrogens (tertiary/aromatic N) is 2. The van der Waals surface area contributed by atoms with E-state index in [-0.39, 0.29) is 29.5 Å². The van der Waals surface area contributed by atoms with Gasteiger partial charge in [-0.05, 0) is 55.3 Å². The molecule has 2 saturated heterocycles. The van der Waals surface area contributed by atoms with E-state index in [1.807, 2.05) is 23.1 Å². The Morgan fingerprint density at radius 1 is 0.935 bits per heavy atom. The van der Waals surface area contributed by atoms with E-state index < -0.39 is 0 Å². The first-order valence-corrected chi connectivity index (χ1v) is 10.6. The fourth-order valence-electron chi connectivity index (χ4n) is 4.61. The Bertz CT molecular complexity index is 957. The predicted molar refractivity (Wildman–Crippen MR) is 114 cm³/mol. The number of likely N-dealkylation sites (tertiary alicyclic amines) is 2. The zero-order valence-corrected chi connectivity index (χ0v) is 17.8. The first-order chi connectivity index (χ1) is 15.0. The molecule has 6 nitrogen and oxygen atoms in total. The van der Waals surface area contributed by atoms with Gasteiger partial charge in [0, 0.05) is 43.2 Å². The molecule has 164 valence electrons. The van der Waals surface area contributed by atoms with Crippen LogP contribution >= 0.6 is 0 Å². The summed E-state index contributed by atoms with van der Waals surface area (Å²) in [5.74, 6) is 0.225.